The molecule has 2 aromatic rings. The average molecular weight is 316 g/mol. The van der Waals surface area contributed by atoms with Crippen molar-refractivity contribution in [2.45, 2.75) is 12.1 Å². The van der Waals surface area contributed by atoms with Crippen LogP contribution in [0.4, 0.5) is 11.4 Å². The van der Waals surface area contributed by atoms with Crippen molar-refractivity contribution in [3.63, 3.8) is 0 Å². The molecule has 23 heavy (non-hydrogen) atoms. The number of rotatable bonds is 4. The molecular formula is C16H20N4O3. The van der Waals surface area contributed by atoms with Gasteiger partial charge in [-0.05, 0) is 18.2 Å². The second kappa shape index (κ2) is 6.39. The highest BCUT2D eigenvalue weighted by molar-refractivity contribution is 5.95. The van der Waals surface area contributed by atoms with E-state index in [0.717, 1.165) is 11.4 Å². The number of carbonyl (C=O) groups is 1. The van der Waals surface area contributed by atoms with Crippen molar-refractivity contribution in [1.82, 2.24) is 14.7 Å². The Bertz CT molecular complexity index is 700. The average Bonchev–Trinajstić information content (AvgIpc) is 3.14. The standard InChI is InChI=1S/C16H20N4O3/c1-19-8-13(7-17-19)18-12-5-3-4-11(6-12)16(22)20(2)14-9-23-10-15(14)21/h3-8,14-15,18,21H,9-10H2,1-2H3/t14-,15-/m1/s1. The molecule has 1 amide bonds. The minimum atomic E-state index is -0.638. The van der Waals surface area contributed by atoms with Gasteiger partial charge in [-0.2, -0.15) is 5.10 Å². The third-order valence-corrected chi connectivity index (χ3v) is 3.94. The van der Waals surface area contributed by atoms with Crippen LogP contribution in [0.5, 0.6) is 0 Å². The highest BCUT2D eigenvalue weighted by atomic mass is 16.5. The molecule has 2 N–H and O–H groups in total. The summed E-state index contributed by atoms with van der Waals surface area (Å²) in [5, 5.41) is 17.2. The van der Waals surface area contributed by atoms with Gasteiger partial charge in [-0.3, -0.25) is 9.48 Å². The van der Waals surface area contributed by atoms with Gasteiger partial charge < -0.3 is 20.1 Å². The van der Waals surface area contributed by atoms with E-state index in [1.54, 1.807) is 35.0 Å². The first kappa shape index (κ1) is 15.5. The molecule has 1 fully saturated rings. The van der Waals surface area contributed by atoms with Gasteiger partial charge in [0, 0.05) is 31.5 Å². The number of carbonyl (C=O) groups excluding carboxylic acids is 1. The Morgan fingerprint density at radius 2 is 2.26 bits per heavy atom. The van der Waals surface area contributed by atoms with Crippen LogP contribution >= 0.6 is 0 Å². The zero-order chi connectivity index (χ0) is 16.4. The maximum atomic E-state index is 12.6. The van der Waals surface area contributed by atoms with Crippen LogP contribution in [0.3, 0.4) is 0 Å². The number of aromatic nitrogens is 2. The third-order valence-electron chi connectivity index (χ3n) is 3.94. The Labute approximate surface area is 134 Å². The first-order valence-corrected chi connectivity index (χ1v) is 7.43. The highest BCUT2D eigenvalue weighted by Crippen LogP contribution is 2.20. The number of anilines is 2. The molecule has 0 bridgehead atoms. The molecule has 7 heteroatoms. The number of benzene rings is 1. The molecule has 122 valence electrons. The first-order valence-electron chi connectivity index (χ1n) is 7.43. The Kier molecular flexibility index (Phi) is 4.31. The summed E-state index contributed by atoms with van der Waals surface area (Å²) < 4.78 is 6.92. The molecule has 1 aromatic heterocycles. The number of ether oxygens (including phenoxy) is 1. The Hall–Kier alpha value is -2.38. The van der Waals surface area contributed by atoms with Gasteiger partial charge in [0.05, 0.1) is 37.2 Å². The summed E-state index contributed by atoms with van der Waals surface area (Å²) in [7, 11) is 3.53. The van der Waals surface area contributed by atoms with E-state index >= 15 is 0 Å². The molecule has 1 aliphatic heterocycles. The van der Waals surface area contributed by atoms with Crippen molar-refractivity contribution in [3.05, 3.63) is 42.2 Å². The van der Waals surface area contributed by atoms with Gasteiger partial charge >= 0.3 is 0 Å². The SMILES string of the molecule is CN(C(=O)c1cccc(Nc2cnn(C)c2)c1)[C@@H]1COC[C@H]1O. The first-order chi connectivity index (χ1) is 11.0. The van der Waals surface area contributed by atoms with Crippen LogP contribution in [0.15, 0.2) is 36.7 Å². The van der Waals surface area contributed by atoms with Crippen LogP contribution in [0.1, 0.15) is 10.4 Å². The van der Waals surface area contributed by atoms with Crippen LogP contribution in [0.25, 0.3) is 0 Å². The van der Waals surface area contributed by atoms with Crippen molar-refractivity contribution >= 4 is 17.3 Å². The van der Waals surface area contributed by atoms with E-state index in [1.165, 1.54) is 0 Å². The fourth-order valence-corrected chi connectivity index (χ4v) is 2.64. The van der Waals surface area contributed by atoms with Gasteiger partial charge in [0.25, 0.3) is 5.91 Å². The fraction of sp³-hybridized carbons (Fsp3) is 0.375. The molecule has 0 saturated carbocycles. The number of nitrogens with one attached hydrogen (secondary N) is 1. The topological polar surface area (TPSA) is 79.6 Å². The smallest absolute Gasteiger partial charge is 0.254 e. The maximum Gasteiger partial charge on any atom is 0.254 e. The second-order valence-corrected chi connectivity index (χ2v) is 5.70. The predicted molar refractivity (Wildman–Crippen MR) is 85.6 cm³/mol. The number of aryl methyl sites for hydroxylation is 1. The largest absolute Gasteiger partial charge is 0.388 e. The van der Waals surface area contributed by atoms with Gasteiger partial charge in [-0.25, -0.2) is 0 Å². The van der Waals surface area contributed by atoms with Gasteiger partial charge in [-0.15, -0.1) is 0 Å². The number of likely N-dealkylation sites (N-methyl/N-ethyl adjacent to an activating group) is 1. The molecule has 2 atom stereocenters. The normalized spacial score (nSPS) is 20.5. The summed E-state index contributed by atoms with van der Waals surface area (Å²) in [5.41, 5.74) is 2.21. The van der Waals surface area contributed by atoms with Crippen molar-refractivity contribution in [1.29, 1.82) is 0 Å². The molecule has 0 unspecified atom stereocenters. The summed E-state index contributed by atoms with van der Waals surface area (Å²) in [6.45, 7) is 0.627. The number of aliphatic hydroxyl groups is 1. The minimum absolute atomic E-state index is 0.144. The van der Waals surface area contributed by atoms with E-state index in [9.17, 15) is 9.90 Å². The summed E-state index contributed by atoms with van der Waals surface area (Å²) >= 11 is 0. The lowest BCUT2D eigenvalue weighted by Gasteiger charge is -2.25. The van der Waals surface area contributed by atoms with E-state index in [0.29, 0.717) is 12.2 Å². The molecule has 0 radical (unpaired) electrons. The zero-order valence-electron chi connectivity index (χ0n) is 13.1. The van der Waals surface area contributed by atoms with Crippen molar-refractivity contribution in [3.8, 4) is 0 Å². The molecule has 3 rings (SSSR count). The molecule has 0 spiro atoms. The van der Waals surface area contributed by atoms with E-state index in [4.69, 9.17) is 4.74 Å². The summed E-state index contributed by atoms with van der Waals surface area (Å²) in [5.74, 6) is -0.144. The lowest BCUT2D eigenvalue weighted by molar-refractivity contribution is 0.0581. The van der Waals surface area contributed by atoms with Crippen LogP contribution in [-0.2, 0) is 11.8 Å². The number of hydrogen-bond donors (Lipinski definition) is 2. The van der Waals surface area contributed by atoms with Gasteiger partial charge in [0.2, 0.25) is 0 Å². The monoisotopic (exact) mass is 316 g/mol. The molecule has 1 aliphatic rings. The van der Waals surface area contributed by atoms with Crippen molar-refractivity contribution in [2.24, 2.45) is 7.05 Å². The fourth-order valence-electron chi connectivity index (χ4n) is 2.64. The quantitative estimate of drug-likeness (QED) is 0.879. The van der Waals surface area contributed by atoms with Crippen molar-refractivity contribution < 1.29 is 14.6 Å². The van der Waals surface area contributed by atoms with Gasteiger partial charge in [-0.1, -0.05) is 6.07 Å². The van der Waals surface area contributed by atoms with Gasteiger partial charge in [0.1, 0.15) is 0 Å². The molecular weight excluding hydrogens is 296 g/mol. The Morgan fingerprint density at radius 3 is 2.91 bits per heavy atom. The number of aliphatic hydroxyl groups excluding tert-OH is 1. The molecule has 1 saturated heterocycles. The molecule has 2 heterocycles. The molecule has 1 aromatic carbocycles. The lowest BCUT2D eigenvalue weighted by atomic mass is 10.1. The van der Waals surface area contributed by atoms with E-state index in [-0.39, 0.29) is 18.6 Å². The Morgan fingerprint density at radius 1 is 1.43 bits per heavy atom. The summed E-state index contributed by atoms with van der Waals surface area (Å²) in [6, 6.07) is 6.94. The third kappa shape index (κ3) is 3.35. The zero-order valence-corrected chi connectivity index (χ0v) is 13.1. The van der Waals surface area contributed by atoms with Crippen LogP contribution in [-0.4, -0.2) is 58.1 Å². The second-order valence-electron chi connectivity index (χ2n) is 5.70. The van der Waals surface area contributed by atoms with Crippen LogP contribution < -0.4 is 5.32 Å². The lowest BCUT2D eigenvalue weighted by Crippen LogP contribution is -2.44. The number of amides is 1. The Balaban J connectivity index is 1.74. The van der Waals surface area contributed by atoms with Crippen LogP contribution in [0, 0.1) is 0 Å². The maximum absolute atomic E-state index is 12.6. The van der Waals surface area contributed by atoms with E-state index in [1.807, 2.05) is 25.4 Å². The highest BCUT2D eigenvalue weighted by Gasteiger charge is 2.32. The predicted octanol–water partition coefficient (Wildman–Crippen LogP) is 0.995. The van der Waals surface area contributed by atoms with E-state index < -0.39 is 6.10 Å². The number of nitrogens with zero attached hydrogens (tertiary/aromatic N) is 3. The summed E-state index contributed by atoms with van der Waals surface area (Å²) in [4.78, 5) is 14.1. The molecule has 7 nitrogen and oxygen atoms in total. The van der Waals surface area contributed by atoms with Crippen molar-refractivity contribution in [2.75, 3.05) is 25.6 Å². The molecule has 0 aliphatic carbocycles. The van der Waals surface area contributed by atoms with Gasteiger partial charge in [0.15, 0.2) is 0 Å². The van der Waals surface area contributed by atoms with E-state index in [2.05, 4.69) is 10.4 Å². The summed E-state index contributed by atoms with van der Waals surface area (Å²) in [6.07, 6.45) is 2.93. The minimum Gasteiger partial charge on any atom is -0.388 e. The number of hydrogen-bond acceptors (Lipinski definition) is 5. The van der Waals surface area contributed by atoms with Crippen LogP contribution in [0.2, 0.25) is 0 Å².